The Morgan fingerprint density at radius 3 is 2.24 bits per heavy atom. The summed E-state index contributed by atoms with van der Waals surface area (Å²) in [5.41, 5.74) is 5.52. The maximum absolute atomic E-state index is 13.5. The van der Waals surface area contributed by atoms with Gasteiger partial charge in [0.15, 0.2) is 0 Å². The number of carbonyl (C=O) groups excluding carboxylic acids is 2. The number of amides is 2. The topological polar surface area (TPSA) is 49.4 Å². The Morgan fingerprint density at radius 1 is 0.912 bits per heavy atom. The van der Waals surface area contributed by atoms with Crippen LogP contribution in [0.25, 0.3) is 0 Å². The molecule has 0 saturated heterocycles. The highest BCUT2D eigenvalue weighted by atomic mass is 35.5. The van der Waals surface area contributed by atoms with E-state index in [0.717, 1.165) is 16.9 Å². The van der Waals surface area contributed by atoms with Crippen LogP contribution in [-0.4, -0.2) is 35.6 Å². The van der Waals surface area contributed by atoms with Crippen molar-refractivity contribution in [3.8, 4) is 0 Å². The number of benzene rings is 3. The molecule has 1 unspecified atom stereocenters. The molecule has 0 heterocycles. The van der Waals surface area contributed by atoms with Crippen molar-refractivity contribution in [3.63, 3.8) is 0 Å². The first kappa shape index (κ1) is 25.9. The lowest BCUT2D eigenvalue weighted by Gasteiger charge is -2.31. The van der Waals surface area contributed by atoms with Crippen LogP contribution in [0.15, 0.2) is 72.8 Å². The number of hydrogen-bond donors (Lipinski definition) is 1. The predicted molar refractivity (Wildman–Crippen MR) is 142 cm³/mol. The van der Waals surface area contributed by atoms with E-state index in [9.17, 15) is 9.59 Å². The molecule has 6 heteroatoms. The van der Waals surface area contributed by atoms with E-state index in [1.165, 1.54) is 16.7 Å². The Labute approximate surface area is 211 Å². The molecule has 0 aliphatic carbocycles. The molecule has 3 aromatic rings. The second-order valence-electron chi connectivity index (χ2n) is 8.46. The van der Waals surface area contributed by atoms with Gasteiger partial charge >= 0.3 is 0 Å². The summed E-state index contributed by atoms with van der Waals surface area (Å²) in [5, 5.41) is 3.35. The predicted octanol–water partition coefficient (Wildman–Crippen LogP) is 5.58. The number of carbonyl (C=O) groups is 2. The van der Waals surface area contributed by atoms with Crippen LogP contribution in [0.1, 0.15) is 27.8 Å². The summed E-state index contributed by atoms with van der Waals surface area (Å²) in [6.45, 7) is 4.47. The lowest BCUT2D eigenvalue weighted by Crippen LogP contribution is -2.50. The molecule has 0 saturated carbocycles. The Balaban J connectivity index is 1.81. The number of nitrogens with zero attached hydrogens (tertiary/aromatic N) is 1. The van der Waals surface area contributed by atoms with E-state index in [-0.39, 0.29) is 17.6 Å². The van der Waals surface area contributed by atoms with Crippen LogP contribution in [0.2, 0.25) is 5.02 Å². The first-order valence-corrected chi connectivity index (χ1v) is 12.8. The first-order chi connectivity index (χ1) is 16.4. The molecule has 0 radical (unpaired) electrons. The highest BCUT2D eigenvalue weighted by Gasteiger charge is 2.29. The Morgan fingerprint density at radius 2 is 1.59 bits per heavy atom. The Kier molecular flexibility index (Phi) is 9.61. The van der Waals surface area contributed by atoms with Crippen molar-refractivity contribution in [1.82, 2.24) is 10.2 Å². The second kappa shape index (κ2) is 12.6. The van der Waals surface area contributed by atoms with Gasteiger partial charge in [0.1, 0.15) is 6.04 Å². The zero-order valence-corrected chi connectivity index (χ0v) is 21.5. The number of rotatable bonds is 10. The quantitative estimate of drug-likeness (QED) is 0.400. The molecule has 0 bridgehead atoms. The molecule has 178 valence electrons. The minimum Gasteiger partial charge on any atom is -0.357 e. The molecule has 3 aromatic carbocycles. The van der Waals surface area contributed by atoms with Gasteiger partial charge in [-0.1, -0.05) is 83.4 Å². The molecule has 0 spiro atoms. The third-order valence-electron chi connectivity index (χ3n) is 5.54. The summed E-state index contributed by atoms with van der Waals surface area (Å²) in [7, 11) is 1.61. The molecule has 0 fully saturated rings. The Bertz CT molecular complexity index is 1100. The van der Waals surface area contributed by atoms with E-state index < -0.39 is 6.04 Å². The number of likely N-dealkylation sites (N-methyl/N-ethyl adjacent to an activating group) is 1. The molecule has 1 N–H and O–H groups in total. The molecule has 0 aliphatic rings. The van der Waals surface area contributed by atoms with Crippen LogP contribution < -0.4 is 5.32 Å². The molecule has 34 heavy (non-hydrogen) atoms. The van der Waals surface area contributed by atoms with E-state index in [2.05, 4.69) is 37.4 Å². The smallest absolute Gasteiger partial charge is 0.242 e. The highest BCUT2D eigenvalue weighted by molar-refractivity contribution is 7.99. The largest absolute Gasteiger partial charge is 0.357 e. The van der Waals surface area contributed by atoms with Gasteiger partial charge in [-0.05, 0) is 42.7 Å². The van der Waals surface area contributed by atoms with Gasteiger partial charge in [-0.25, -0.2) is 0 Å². The van der Waals surface area contributed by atoms with Gasteiger partial charge in [-0.3, -0.25) is 9.59 Å². The molecule has 0 aliphatic heterocycles. The van der Waals surface area contributed by atoms with E-state index in [1.54, 1.807) is 29.8 Å². The average molecular weight is 495 g/mol. The number of halogens is 1. The lowest BCUT2D eigenvalue weighted by atomic mass is 10.0. The fourth-order valence-electron chi connectivity index (χ4n) is 4.04. The highest BCUT2D eigenvalue weighted by Crippen LogP contribution is 2.21. The van der Waals surface area contributed by atoms with Gasteiger partial charge in [0.2, 0.25) is 11.8 Å². The fourth-order valence-corrected chi connectivity index (χ4v) is 5.10. The van der Waals surface area contributed by atoms with Crippen LogP contribution in [-0.2, 0) is 28.3 Å². The van der Waals surface area contributed by atoms with Crippen LogP contribution in [0, 0.1) is 13.8 Å². The third-order valence-corrected chi connectivity index (χ3v) is 6.76. The minimum atomic E-state index is -0.624. The summed E-state index contributed by atoms with van der Waals surface area (Å²) < 4.78 is 0. The van der Waals surface area contributed by atoms with Gasteiger partial charge in [0, 0.05) is 30.8 Å². The third kappa shape index (κ3) is 7.64. The summed E-state index contributed by atoms with van der Waals surface area (Å²) in [4.78, 5) is 28.1. The standard InChI is InChI=1S/C28H31ClN2O2S/c1-20-12-21(2)14-24(13-20)18-34-19-27(32)31(17-23-10-7-11-25(29)15-23)26(28(33)30-3)16-22-8-5-4-6-9-22/h4-15,26H,16-19H2,1-3H3,(H,30,33). The summed E-state index contributed by atoms with van der Waals surface area (Å²) in [6, 6.07) is 23.0. The molecule has 1 atom stereocenters. The minimum absolute atomic E-state index is 0.0705. The van der Waals surface area contributed by atoms with Crippen molar-refractivity contribution in [2.75, 3.05) is 12.8 Å². The van der Waals surface area contributed by atoms with Crippen LogP contribution in [0.5, 0.6) is 0 Å². The zero-order valence-electron chi connectivity index (χ0n) is 19.9. The second-order valence-corrected chi connectivity index (χ2v) is 9.88. The number of nitrogens with one attached hydrogen (secondary N) is 1. The average Bonchev–Trinajstić information content (AvgIpc) is 2.81. The molecule has 2 amide bonds. The van der Waals surface area contributed by atoms with Crippen molar-refractivity contribution in [2.24, 2.45) is 0 Å². The molecular weight excluding hydrogens is 464 g/mol. The van der Waals surface area contributed by atoms with E-state index in [1.807, 2.05) is 48.5 Å². The Hall–Kier alpha value is -2.76. The van der Waals surface area contributed by atoms with Gasteiger partial charge in [-0.15, -0.1) is 11.8 Å². The van der Waals surface area contributed by atoms with Gasteiger partial charge in [0.05, 0.1) is 5.75 Å². The van der Waals surface area contributed by atoms with Crippen molar-refractivity contribution >= 4 is 35.2 Å². The number of aryl methyl sites for hydroxylation is 2. The van der Waals surface area contributed by atoms with Crippen molar-refractivity contribution in [1.29, 1.82) is 0 Å². The van der Waals surface area contributed by atoms with Gasteiger partial charge in [0.25, 0.3) is 0 Å². The SMILES string of the molecule is CNC(=O)C(Cc1ccccc1)N(Cc1cccc(Cl)c1)C(=O)CSCc1cc(C)cc(C)c1. The molecule has 3 rings (SSSR count). The fraction of sp³-hybridized carbons (Fsp3) is 0.286. The van der Waals surface area contributed by atoms with E-state index in [4.69, 9.17) is 11.6 Å². The van der Waals surface area contributed by atoms with Crippen LogP contribution in [0.4, 0.5) is 0 Å². The van der Waals surface area contributed by atoms with E-state index in [0.29, 0.717) is 18.0 Å². The summed E-state index contributed by atoms with van der Waals surface area (Å²) in [5.74, 6) is 0.774. The van der Waals surface area contributed by atoms with Crippen molar-refractivity contribution in [3.05, 3.63) is 106 Å². The normalized spacial score (nSPS) is 11.6. The van der Waals surface area contributed by atoms with Crippen LogP contribution >= 0.6 is 23.4 Å². The lowest BCUT2D eigenvalue weighted by molar-refractivity contribution is -0.139. The number of thioether (sulfide) groups is 1. The molecule has 0 aromatic heterocycles. The maximum Gasteiger partial charge on any atom is 0.242 e. The van der Waals surface area contributed by atoms with Crippen molar-refractivity contribution in [2.45, 2.75) is 38.6 Å². The first-order valence-electron chi connectivity index (χ1n) is 11.3. The van der Waals surface area contributed by atoms with Crippen LogP contribution in [0.3, 0.4) is 0 Å². The monoisotopic (exact) mass is 494 g/mol. The summed E-state index contributed by atoms with van der Waals surface area (Å²) in [6.07, 6.45) is 0.439. The van der Waals surface area contributed by atoms with E-state index >= 15 is 0 Å². The molecular formula is C28H31ClN2O2S. The maximum atomic E-state index is 13.5. The number of hydrogen-bond acceptors (Lipinski definition) is 3. The summed E-state index contributed by atoms with van der Waals surface area (Å²) >= 11 is 7.77. The van der Waals surface area contributed by atoms with Gasteiger partial charge in [-0.2, -0.15) is 0 Å². The molecule has 4 nitrogen and oxygen atoms in total. The zero-order chi connectivity index (χ0) is 24.5. The van der Waals surface area contributed by atoms with Crippen molar-refractivity contribution < 1.29 is 9.59 Å². The van der Waals surface area contributed by atoms with Gasteiger partial charge < -0.3 is 10.2 Å².